The minimum absolute atomic E-state index is 0.555. The summed E-state index contributed by atoms with van der Waals surface area (Å²) >= 11 is 1.40. The molecule has 0 aliphatic carbocycles. The van der Waals surface area contributed by atoms with Crippen LogP contribution in [0.1, 0.15) is 0 Å². The van der Waals surface area contributed by atoms with Gasteiger partial charge >= 0.3 is 0 Å². The molecule has 0 spiro atoms. The Morgan fingerprint density at radius 3 is 2.80 bits per heavy atom. The molecule has 20 heavy (non-hydrogen) atoms. The van der Waals surface area contributed by atoms with Crippen molar-refractivity contribution in [2.45, 2.75) is 0 Å². The van der Waals surface area contributed by atoms with E-state index in [4.69, 9.17) is 5.73 Å². The minimum Gasteiger partial charge on any atom is -0.382 e. The molecule has 106 valence electrons. The molecule has 0 radical (unpaired) electrons. The highest BCUT2D eigenvalue weighted by Gasteiger charge is 2.18. The number of nitrogens with two attached hydrogens (primary N) is 1. The van der Waals surface area contributed by atoms with Gasteiger partial charge in [0.1, 0.15) is 10.8 Å². The number of nitrogens with one attached hydrogen (secondary N) is 1. The van der Waals surface area contributed by atoms with Crippen molar-refractivity contribution in [2.75, 3.05) is 44.4 Å². The maximum Gasteiger partial charge on any atom is 0.147 e. The number of hydrogen-bond acceptors (Lipinski definition) is 7. The highest BCUT2D eigenvalue weighted by Crippen LogP contribution is 2.36. The summed E-state index contributed by atoms with van der Waals surface area (Å²) in [5.41, 5.74) is 11.4. The number of nitrogen functional groups attached to an aromatic ring is 1. The monoisotopic (exact) mass is 290 g/mol. The number of hydrazine groups is 1. The second-order valence-electron chi connectivity index (χ2n) is 4.92. The number of hydrogen-bond donors (Lipinski definition) is 2. The first kappa shape index (κ1) is 13.3. The van der Waals surface area contributed by atoms with Crippen LogP contribution in [0.2, 0.25) is 0 Å². The van der Waals surface area contributed by atoms with Crippen LogP contribution in [0.15, 0.2) is 24.5 Å². The molecule has 3 rings (SSSR count). The van der Waals surface area contributed by atoms with E-state index < -0.39 is 0 Å². The van der Waals surface area contributed by atoms with Crippen LogP contribution in [0.5, 0.6) is 0 Å². The predicted octanol–water partition coefficient (Wildman–Crippen LogP) is 1.36. The van der Waals surface area contributed by atoms with Crippen LogP contribution >= 0.6 is 11.5 Å². The molecule has 0 bridgehead atoms. The molecule has 3 N–H and O–H groups in total. The number of likely N-dealkylation sites (N-methyl/N-ethyl adjacent to an activating group) is 1. The largest absolute Gasteiger partial charge is 0.382 e. The zero-order chi connectivity index (χ0) is 13.9. The third-order valence-electron chi connectivity index (χ3n) is 3.43. The summed E-state index contributed by atoms with van der Waals surface area (Å²) < 4.78 is 4.27. The summed E-state index contributed by atoms with van der Waals surface area (Å²) in [5.74, 6) is 0.555. The molecule has 6 nitrogen and oxygen atoms in total. The van der Waals surface area contributed by atoms with E-state index in [1.165, 1.54) is 11.5 Å². The van der Waals surface area contributed by atoms with E-state index in [1.807, 2.05) is 18.3 Å². The third kappa shape index (κ3) is 2.74. The van der Waals surface area contributed by atoms with Gasteiger partial charge < -0.3 is 16.1 Å². The maximum absolute atomic E-state index is 6.01. The summed E-state index contributed by atoms with van der Waals surface area (Å²) in [6.07, 6.45) is 3.57. The second-order valence-corrected chi connectivity index (χ2v) is 5.69. The Morgan fingerprint density at radius 2 is 2.10 bits per heavy atom. The predicted molar refractivity (Wildman–Crippen MR) is 82.5 cm³/mol. The van der Waals surface area contributed by atoms with Crippen molar-refractivity contribution in [3.63, 3.8) is 0 Å². The lowest BCUT2D eigenvalue weighted by molar-refractivity contribution is 0.179. The van der Waals surface area contributed by atoms with Gasteiger partial charge in [-0.15, -0.1) is 0 Å². The first-order valence-electron chi connectivity index (χ1n) is 6.60. The molecule has 1 fully saturated rings. The zero-order valence-electron chi connectivity index (χ0n) is 11.4. The van der Waals surface area contributed by atoms with Crippen molar-refractivity contribution in [1.82, 2.24) is 19.3 Å². The van der Waals surface area contributed by atoms with Gasteiger partial charge in [0.05, 0.1) is 5.56 Å². The maximum atomic E-state index is 6.01. The van der Waals surface area contributed by atoms with Crippen LogP contribution in [-0.4, -0.2) is 52.5 Å². The second kappa shape index (κ2) is 5.74. The SMILES string of the molecule is CN1CCN(Nc2snc(N)c2-c2cccnc2)CC1. The van der Waals surface area contributed by atoms with Gasteiger partial charge in [-0.3, -0.25) is 4.98 Å². The zero-order valence-corrected chi connectivity index (χ0v) is 12.2. The van der Waals surface area contributed by atoms with Crippen molar-refractivity contribution in [2.24, 2.45) is 0 Å². The van der Waals surface area contributed by atoms with Gasteiger partial charge in [0.25, 0.3) is 0 Å². The van der Waals surface area contributed by atoms with E-state index in [9.17, 15) is 0 Å². The van der Waals surface area contributed by atoms with E-state index in [-0.39, 0.29) is 0 Å². The van der Waals surface area contributed by atoms with Crippen LogP contribution < -0.4 is 11.2 Å². The molecule has 0 amide bonds. The van der Waals surface area contributed by atoms with Crippen LogP contribution in [0, 0.1) is 0 Å². The Morgan fingerprint density at radius 1 is 1.30 bits per heavy atom. The van der Waals surface area contributed by atoms with Gasteiger partial charge in [0.2, 0.25) is 0 Å². The van der Waals surface area contributed by atoms with Gasteiger partial charge in [-0.1, -0.05) is 6.07 Å². The molecule has 0 unspecified atom stereocenters. The summed E-state index contributed by atoms with van der Waals surface area (Å²) in [5, 5.41) is 3.20. The van der Waals surface area contributed by atoms with Crippen molar-refractivity contribution in [1.29, 1.82) is 0 Å². The lowest BCUT2D eigenvalue weighted by Gasteiger charge is -2.32. The lowest BCUT2D eigenvalue weighted by Crippen LogP contribution is -2.46. The fraction of sp³-hybridized carbons (Fsp3) is 0.385. The van der Waals surface area contributed by atoms with Gasteiger partial charge in [0.15, 0.2) is 0 Å². The quantitative estimate of drug-likeness (QED) is 0.889. The molecule has 0 aromatic carbocycles. The Kier molecular flexibility index (Phi) is 3.81. The van der Waals surface area contributed by atoms with E-state index in [2.05, 4.69) is 31.7 Å². The number of piperazine rings is 1. The molecule has 1 aliphatic heterocycles. The fourth-order valence-electron chi connectivity index (χ4n) is 2.23. The number of anilines is 2. The highest BCUT2D eigenvalue weighted by molar-refractivity contribution is 7.11. The average Bonchev–Trinajstić information content (AvgIpc) is 2.83. The Labute approximate surface area is 122 Å². The normalized spacial score (nSPS) is 17.2. The molecule has 7 heteroatoms. The van der Waals surface area contributed by atoms with Gasteiger partial charge in [-0.2, -0.15) is 4.37 Å². The van der Waals surface area contributed by atoms with E-state index in [1.54, 1.807) is 6.20 Å². The number of pyridine rings is 1. The van der Waals surface area contributed by atoms with E-state index in [0.717, 1.165) is 42.3 Å². The molecule has 1 aliphatic rings. The average molecular weight is 290 g/mol. The molecule has 0 saturated carbocycles. The van der Waals surface area contributed by atoms with Crippen LogP contribution in [0.4, 0.5) is 10.8 Å². The topological polar surface area (TPSA) is 70.3 Å². The third-order valence-corrected chi connectivity index (χ3v) is 4.20. The van der Waals surface area contributed by atoms with Gasteiger partial charge in [-0.05, 0) is 24.6 Å². The van der Waals surface area contributed by atoms with E-state index in [0.29, 0.717) is 5.82 Å². The van der Waals surface area contributed by atoms with Crippen molar-refractivity contribution in [3.05, 3.63) is 24.5 Å². The number of aromatic nitrogens is 2. The fourth-order valence-corrected chi connectivity index (χ4v) is 2.99. The van der Waals surface area contributed by atoms with Gasteiger partial charge in [-0.25, -0.2) is 5.01 Å². The minimum atomic E-state index is 0.555. The summed E-state index contributed by atoms with van der Waals surface area (Å²) in [6.45, 7) is 4.09. The number of rotatable bonds is 3. The first-order valence-corrected chi connectivity index (χ1v) is 7.37. The van der Waals surface area contributed by atoms with Crippen LogP contribution in [0.3, 0.4) is 0 Å². The van der Waals surface area contributed by atoms with Gasteiger partial charge in [0, 0.05) is 44.1 Å². The lowest BCUT2D eigenvalue weighted by atomic mass is 10.1. The molecule has 2 aromatic heterocycles. The first-order chi connectivity index (χ1) is 9.74. The summed E-state index contributed by atoms with van der Waals surface area (Å²) in [7, 11) is 2.14. The highest BCUT2D eigenvalue weighted by atomic mass is 32.1. The Bertz CT molecular complexity index is 561. The van der Waals surface area contributed by atoms with Crippen molar-refractivity contribution >= 4 is 22.4 Å². The van der Waals surface area contributed by atoms with Crippen molar-refractivity contribution < 1.29 is 0 Å². The summed E-state index contributed by atoms with van der Waals surface area (Å²) in [6, 6.07) is 3.91. The molecular weight excluding hydrogens is 272 g/mol. The standard InChI is InChI=1S/C13H18N6S/c1-18-5-7-19(8-6-18)16-13-11(12(14)17-20-13)10-3-2-4-15-9-10/h2-4,9,16H,5-8H2,1H3,(H2,14,17). The molecule has 1 saturated heterocycles. The van der Waals surface area contributed by atoms with E-state index >= 15 is 0 Å². The molecule has 0 atom stereocenters. The molecule has 2 aromatic rings. The smallest absolute Gasteiger partial charge is 0.147 e. The Balaban J connectivity index is 1.81. The Hall–Kier alpha value is -1.70. The number of nitrogens with zero attached hydrogens (tertiary/aromatic N) is 4. The van der Waals surface area contributed by atoms with Crippen LogP contribution in [0.25, 0.3) is 11.1 Å². The summed E-state index contributed by atoms with van der Waals surface area (Å²) in [4.78, 5) is 6.47. The van der Waals surface area contributed by atoms with Crippen LogP contribution in [-0.2, 0) is 0 Å². The van der Waals surface area contributed by atoms with Crippen molar-refractivity contribution in [3.8, 4) is 11.1 Å². The molecular formula is C13H18N6S. The molecule has 3 heterocycles.